The average molecular weight is 417 g/mol. The number of hydrogen-bond acceptors (Lipinski definition) is 5. The van der Waals surface area contributed by atoms with Gasteiger partial charge in [-0.1, -0.05) is 44.2 Å². The van der Waals surface area contributed by atoms with Crippen LogP contribution in [0.2, 0.25) is 0 Å². The first-order valence-electron chi connectivity index (χ1n) is 9.97. The van der Waals surface area contributed by atoms with E-state index in [4.69, 9.17) is 0 Å². The number of nitrogens with zero attached hydrogens (tertiary/aromatic N) is 3. The third-order valence-electron chi connectivity index (χ3n) is 5.23. The first-order chi connectivity index (χ1) is 13.9. The number of likely N-dealkylation sites (N-methyl/N-ethyl adjacent to an activating group) is 1. The summed E-state index contributed by atoms with van der Waals surface area (Å²) in [6.07, 6.45) is 5.73. The van der Waals surface area contributed by atoms with Gasteiger partial charge >= 0.3 is 0 Å². The van der Waals surface area contributed by atoms with Gasteiger partial charge in [-0.15, -0.1) is 4.40 Å². The summed E-state index contributed by atoms with van der Waals surface area (Å²) in [4.78, 5) is 16.8. The maximum Gasteiger partial charge on any atom is 0.256 e. The minimum atomic E-state index is -3.40. The standard InChI is InChI=1S/C21H28N4O3S/c1-3-24(4-2)19(14-17-8-6-5-7-9-17)15-22-21(26)18-10-11-20-23-29(27,28)13-12-25(20)16-18/h5-11,16,19H,3-4,12-15H2,1-2H3,(H,22,26). The van der Waals surface area contributed by atoms with Crippen LogP contribution in [0.1, 0.15) is 19.4 Å². The highest BCUT2D eigenvalue weighted by atomic mass is 32.2. The predicted molar refractivity (Wildman–Crippen MR) is 115 cm³/mol. The second-order valence-electron chi connectivity index (χ2n) is 7.12. The molecule has 1 aromatic rings. The van der Waals surface area contributed by atoms with Crippen LogP contribution in [0.15, 0.2) is 58.7 Å². The quantitative estimate of drug-likeness (QED) is 0.695. The van der Waals surface area contributed by atoms with Gasteiger partial charge in [-0.25, -0.2) is 8.42 Å². The highest BCUT2D eigenvalue weighted by molar-refractivity contribution is 7.90. The fraction of sp³-hybridized carbons (Fsp3) is 0.429. The number of carbonyl (C=O) groups is 1. The third kappa shape index (κ3) is 5.55. The van der Waals surface area contributed by atoms with E-state index in [1.165, 1.54) is 5.56 Å². The van der Waals surface area contributed by atoms with Gasteiger partial charge in [0.15, 0.2) is 0 Å². The number of carbonyl (C=O) groups excluding carboxylic acids is 1. The Morgan fingerprint density at radius 1 is 1.21 bits per heavy atom. The second kappa shape index (κ2) is 9.37. The number of amidine groups is 1. The molecule has 0 aromatic heterocycles. The molecular formula is C21H28N4O3S. The largest absolute Gasteiger partial charge is 0.350 e. The maximum atomic E-state index is 12.7. The first kappa shape index (κ1) is 21.3. The molecule has 7 nitrogen and oxygen atoms in total. The summed E-state index contributed by atoms with van der Waals surface area (Å²) in [6.45, 7) is 6.92. The maximum absolute atomic E-state index is 12.7. The van der Waals surface area contributed by atoms with Gasteiger partial charge in [-0.05, 0) is 37.2 Å². The summed E-state index contributed by atoms with van der Waals surface area (Å²) >= 11 is 0. The summed E-state index contributed by atoms with van der Waals surface area (Å²) in [5, 5.41) is 3.05. The van der Waals surface area contributed by atoms with Gasteiger partial charge in [0, 0.05) is 25.3 Å². The zero-order valence-corrected chi connectivity index (χ0v) is 17.7. The molecule has 1 N–H and O–H groups in total. The molecule has 1 atom stereocenters. The minimum Gasteiger partial charge on any atom is -0.350 e. The average Bonchev–Trinajstić information content (AvgIpc) is 2.72. The molecule has 0 fully saturated rings. The Hall–Kier alpha value is -2.45. The van der Waals surface area contributed by atoms with Crippen LogP contribution < -0.4 is 5.32 Å². The van der Waals surface area contributed by atoms with Crippen molar-refractivity contribution in [3.63, 3.8) is 0 Å². The Morgan fingerprint density at radius 3 is 2.62 bits per heavy atom. The molecule has 0 saturated heterocycles. The van der Waals surface area contributed by atoms with Crippen LogP contribution >= 0.6 is 0 Å². The van der Waals surface area contributed by atoms with Gasteiger partial charge in [0.2, 0.25) is 0 Å². The van der Waals surface area contributed by atoms with Crippen LogP contribution in [-0.4, -0.2) is 67.9 Å². The van der Waals surface area contributed by atoms with E-state index in [1.54, 1.807) is 23.3 Å². The molecule has 3 rings (SSSR count). The fourth-order valence-electron chi connectivity index (χ4n) is 3.60. The molecule has 29 heavy (non-hydrogen) atoms. The van der Waals surface area contributed by atoms with Gasteiger partial charge in [0.25, 0.3) is 15.9 Å². The van der Waals surface area contributed by atoms with Crippen molar-refractivity contribution in [1.82, 2.24) is 15.1 Å². The van der Waals surface area contributed by atoms with Crippen molar-refractivity contribution in [2.75, 3.05) is 31.9 Å². The third-order valence-corrected chi connectivity index (χ3v) is 6.39. The SMILES string of the molecule is CCN(CC)C(CNC(=O)C1=CN2CCS(=O)(=O)N=C2C=C1)Cc1ccccc1. The van der Waals surface area contributed by atoms with Crippen LogP contribution in [0.4, 0.5) is 0 Å². The summed E-state index contributed by atoms with van der Waals surface area (Å²) in [5.74, 6) is 0.147. The second-order valence-corrected chi connectivity index (χ2v) is 8.88. The molecule has 0 aliphatic carbocycles. The fourth-order valence-corrected chi connectivity index (χ4v) is 4.57. The summed E-state index contributed by atoms with van der Waals surface area (Å²) in [5.41, 5.74) is 1.74. The minimum absolute atomic E-state index is 0.0448. The van der Waals surface area contributed by atoms with E-state index in [-0.39, 0.29) is 17.7 Å². The van der Waals surface area contributed by atoms with E-state index in [9.17, 15) is 13.2 Å². The Labute approximate surface area is 172 Å². The lowest BCUT2D eigenvalue weighted by Crippen LogP contribution is -2.45. The lowest BCUT2D eigenvalue weighted by molar-refractivity contribution is -0.117. The van der Waals surface area contributed by atoms with Crippen LogP contribution in [0.5, 0.6) is 0 Å². The molecule has 0 saturated carbocycles. The number of fused-ring (bicyclic) bond motifs is 1. The number of nitrogens with one attached hydrogen (secondary N) is 1. The van der Waals surface area contributed by atoms with Crippen molar-refractivity contribution in [2.45, 2.75) is 26.3 Å². The lowest BCUT2D eigenvalue weighted by atomic mass is 10.0. The van der Waals surface area contributed by atoms with Crippen molar-refractivity contribution < 1.29 is 13.2 Å². The van der Waals surface area contributed by atoms with Crippen molar-refractivity contribution in [2.24, 2.45) is 4.40 Å². The molecule has 156 valence electrons. The summed E-state index contributed by atoms with van der Waals surface area (Å²) < 4.78 is 27.0. The number of sulfonamides is 1. The highest BCUT2D eigenvalue weighted by Crippen LogP contribution is 2.16. The van der Waals surface area contributed by atoms with Gasteiger partial charge in [-0.2, -0.15) is 0 Å². The molecule has 0 bridgehead atoms. The molecule has 1 amide bonds. The number of benzene rings is 1. The number of amides is 1. The van der Waals surface area contributed by atoms with Crippen LogP contribution in [0, 0.1) is 0 Å². The molecule has 1 unspecified atom stereocenters. The molecular weight excluding hydrogens is 388 g/mol. The number of hydrogen-bond donors (Lipinski definition) is 1. The Kier molecular flexibility index (Phi) is 6.87. The van der Waals surface area contributed by atoms with Gasteiger partial charge < -0.3 is 10.2 Å². The van der Waals surface area contributed by atoms with Crippen molar-refractivity contribution >= 4 is 21.8 Å². The van der Waals surface area contributed by atoms with Crippen LogP contribution in [0.3, 0.4) is 0 Å². The zero-order chi connectivity index (χ0) is 20.9. The lowest BCUT2D eigenvalue weighted by Gasteiger charge is -2.30. The van der Waals surface area contributed by atoms with Gasteiger partial charge in [0.05, 0.1) is 11.3 Å². The van der Waals surface area contributed by atoms with Crippen molar-refractivity contribution in [1.29, 1.82) is 0 Å². The van der Waals surface area contributed by atoms with E-state index in [2.05, 4.69) is 40.6 Å². The van der Waals surface area contributed by atoms with E-state index in [0.29, 0.717) is 24.5 Å². The monoisotopic (exact) mass is 416 g/mol. The Balaban J connectivity index is 1.66. The molecule has 0 spiro atoms. The Morgan fingerprint density at radius 2 is 1.93 bits per heavy atom. The molecule has 1 aromatic carbocycles. The van der Waals surface area contributed by atoms with Gasteiger partial charge in [0.1, 0.15) is 5.84 Å². The molecule has 2 aliphatic rings. The van der Waals surface area contributed by atoms with E-state index >= 15 is 0 Å². The number of rotatable bonds is 8. The molecule has 2 heterocycles. The van der Waals surface area contributed by atoms with Crippen LogP contribution in [0.25, 0.3) is 0 Å². The van der Waals surface area contributed by atoms with E-state index in [1.807, 2.05) is 18.2 Å². The molecule has 8 heteroatoms. The van der Waals surface area contributed by atoms with Crippen LogP contribution in [-0.2, 0) is 21.2 Å². The van der Waals surface area contributed by atoms with E-state index in [0.717, 1.165) is 19.5 Å². The smallest absolute Gasteiger partial charge is 0.256 e. The molecule has 2 aliphatic heterocycles. The highest BCUT2D eigenvalue weighted by Gasteiger charge is 2.25. The van der Waals surface area contributed by atoms with Gasteiger partial charge in [-0.3, -0.25) is 9.69 Å². The zero-order valence-electron chi connectivity index (χ0n) is 16.9. The van der Waals surface area contributed by atoms with Crippen molar-refractivity contribution in [3.05, 3.63) is 59.8 Å². The Bertz CT molecular complexity index is 919. The summed E-state index contributed by atoms with van der Waals surface area (Å²) in [7, 11) is -3.40. The first-order valence-corrected chi connectivity index (χ1v) is 11.6. The predicted octanol–water partition coefficient (Wildman–Crippen LogP) is 1.55. The van der Waals surface area contributed by atoms with Crippen molar-refractivity contribution in [3.8, 4) is 0 Å². The topological polar surface area (TPSA) is 82.1 Å². The summed E-state index contributed by atoms with van der Waals surface area (Å²) in [6, 6.07) is 10.5. The molecule has 0 radical (unpaired) electrons. The normalized spacial score (nSPS) is 18.7. The van der Waals surface area contributed by atoms with E-state index < -0.39 is 10.0 Å².